The molecule has 144 valence electrons. The van der Waals surface area contributed by atoms with Gasteiger partial charge >= 0.3 is 0 Å². The second-order valence-electron chi connectivity index (χ2n) is 5.76. The van der Waals surface area contributed by atoms with E-state index in [9.17, 15) is 9.90 Å². The highest BCUT2D eigenvalue weighted by molar-refractivity contribution is 7.80. The molecule has 0 aliphatic carbocycles. The number of halogens is 1. The number of methoxy groups -OCH3 is 1. The summed E-state index contributed by atoms with van der Waals surface area (Å²) in [5, 5.41) is 15.4. The van der Waals surface area contributed by atoms with E-state index in [1.807, 2.05) is 0 Å². The van der Waals surface area contributed by atoms with Gasteiger partial charge < -0.3 is 19.6 Å². The minimum atomic E-state index is -0.368. The predicted molar refractivity (Wildman–Crippen MR) is 112 cm³/mol. The van der Waals surface area contributed by atoms with E-state index in [-0.39, 0.29) is 17.6 Å². The van der Waals surface area contributed by atoms with Crippen molar-refractivity contribution in [1.82, 2.24) is 5.32 Å². The lowest BCUT2D eigenvalue weighted by Crippen LogP contribution is -2.34. The molecule has 3 aromatic rings. The Morgan fingerprint density at radius 3 is 2.71 bits per heavy atom. The van der Waals surface area contributed by atoms with E-state index in [0.717, 1.165) is 0 Å². The number of nitrogens with one attached hydrogen (secondary N) is 2. The van der Waals surface area contributed by atoms with Gasteiger partial charge in [0.15, 0.2) is 5.11 Å². The Bertz CT molecular complexity index is 1020. The van der Waals surface area contributed by atoms with Crippen molar-refractivity contribution >= 4 is 40.5 Å². The number of carbonyl (C=O) groups is 1. The van der Waals surface area contributed by atoms with Crippen LogP contribution in [0.3, 0.4) is 0 Å². The Balaban J connectivity index is 1.75. The van der Waals surface area contributed by atoms with Gasteiger partial charge in [-0.25, -0.2) is 0 Å². The molecule has 3 rings (SSSR count). The molecule has 0 fully saturated rings. The predicted octanol–water partition coefficient (Wildman–Crippen LogP) is 4.23. The molecule has 8 heteroatoms. The number of carbonyl (C=O) groups excluding carboxylic acids is 1. The van der Waals surface area contributed by atoms with Gasteiger partial charge in [0, 0.05) is 16.3 Å². The van der Waals surface area contributed by atoms with Crippen molar-refractivity contribution in [3.63, 3.8) is 0 Å². The zero-order valence-corrected chi connectivity index (χ0v) is 16.4. The van der Waals surface area contributed by atoms with E-state index in [1.54, 1.807) is 61.7 Å². The molecule has 0 spiro atoms. The van der Waals surface area contributed by atoms with E-state index in [1.165, 1.54) is 0 Å². The van der Waals surface area contributed by atoms with Crippen LogP contribution in [0.4, 0.5) is 5.69 Å². The van der Waals surface area contributed by atoms with Gasteiger partial charge in [-0.05, 0) is 60.7 Å². The lowest BCUT2D eigenvalue weighted by atomic mass is 10.1. The van der Waals surface area contributed by atoms with Crippen LogP contribution in [0.25, 0.3) is 11.3 Å². The zero-order valence-electron chi connectivity index (χ0n) is 14.9. The highest BCUT2D eigenvalue weighted by Crippen LogP contribution is 2.33. The van der Waals surface area contributed by atoms with Crippen molar-refractivity contribution in [2.75, 3.05) is 12.4 Å². The molecule has 0 radical (unpaired) electrons. The van der Waals surface area contributed by atoms with Gasteiger partial charge in [0.25, 0.3) is 5.91 Å². The number of rotatable bonds is 5. The quantitative estimate of drug-likeness (QED) is 0.540. The highest BCUT2D eigenvalue weighted by Gasteiger charge is 2.13. The van der Waals surface area contributed by atoms with Crippen molar-refractivity contribution in [1.29, 1.82) is 0 Å². The third-order valence-corrected chi connectivity index (χ3v) is 4.29. The van der Waals surface area contributed by atoms with Gasteiger partial charge in [0.2, 0.25) is 0 Å². The molecule has 28 heavy (non-hydrogen) atoms. The molecule has 1 amide bonds. The number of ether oxygens (including phenoxy) is 1. The Labute approximate surface area is 172 Å². The normalized spacial score (nSPS) is 10.4. The van der Waals surface area contributed by atoms with Crippen LogP contribution in [0.5, 0.6) is 5.75 Å². The summed E-state index contributed by atoms with van der Waals surface area (Å²) in [5.41, 5.74) is 1.71. The van der Waals surface area contributed by atoms with E-state index in [0.29, 0.717) is 39.1 Å². The fourth-order valence-electron chi connectivity index (χ4n) is 2.55. The third kappa shape index (κ3) is 4.69. The topological polar surface area (TPSA) is 83.7 Å². The molecule has 1 aromatic heterocycles. The lowest BCUT2D eigenvalue weighted by Gasteiger charge is -2.12. The molecular weight excluding hydrogens is 400 g/mol. The number of anilines is 1. The third-order valence-electron chi connectivity index (χ3n) is 3.85. The molecule has 0 saturated heterocycles. The minimum Gasteiger partial charge on any atom is -0.496 e. The van der Waals surface area contributed by atoms with Crippen LogP contribution in [0, 0.1) is 0 Å². The molecule has 0 bridgehead atoms. The van der Waals surface area contributed by atoms with Crippen LogP contribution in [-0.2, 0) is 6.61 Å². The molecule has 6 nitrogen and oxygen atoms in total. The number of aliphatic hydroxyl groups is 1. The summed E-state index contributed by atoms with van der Waals surface area (Å²) in [4.78, 5) is 12.3. The Morgan fingerprint density at radius 2 is 2.04 bits per heavy atom. The van der Waals surface area contributed by atoms with Crippen molar-refractivity contribution < 1.29 is 19.1 Å². The molecule has 0 aliphatic rings. The van der Waals surface area contributed by atoms with E-state index >= 15 is 0 Å². The van der Waals surface area contributed by atoms with Crippen LogP contribution in [-0.4, -0.2) is 23.2 Å². The number of furan rings is 1. The average Bonchev–Trinajstić information content (AvgIpc) is 3.17. The van der Waals surface area contributed by atoms with Crippen LogP contribution >= 0.6 is 23.8 Å². The van der Waals surface area contributed by atoms with Gasteiger partial charge in [-0.15, -0.1) is 0 Å². The van der Waals surface area contributed by atoms with E-state index in [4.69, 9.17) is 33.0 Å². The van der Waals surface area contributed by atoms with Crippen molar-refractivity contribution in [3.8, 4) is 17.1 Å². The summed E-state index contributed by atoms with van der Waals surface area (Å²) in [5.74, 6) is 1.21. The number of hydrogen-bond acceptors (Lipinski definition) is 5. The molecule has 0 unspecified atom stereocenters. The lowest BCUT2D eigenvalue weighted by molar-refractivity contribution is 0.0977. The first-order valence-electron chi connectivity index (χ1n) is 8.26. The first-order chi connectivity index (χ1) is 13.5. The zero-order chi connectivity index (χ0) is 20.1. The highest BCUT2D eigenvalue weighted by atomic mass is 35.5. The molecule has 2 aromatic carbocycles. The first-order valence-corrected chi connectivity index (χ1v) is 9.04. The largest absolute Gasteiger partial charge is 0.496 e. The van der Waals surface area contributed by atoms with Crippen LogP contribution in [0.2, 0.25) is 5.02 Å². The number of aliphatic hydroxyl groups excluding tert-OH is 1. The standard InChI is InChI=1S/C20H17ClN2O4S/c1-26-17-7-5-14(10-16(17)18-8-6-15(11-24)27-18)22-20(28)23-19(25)12-3-2-4-13(21)9-12/h2-10,24H,11H2,1H3,(H2,22,23,25,28). The number of thiocarbonyl (C=S) groups is 1. The summed E-state index contributed by atoms with van der Waals surface area (Å²) in [6.07, 6.45) is 0. The number of amides is 1. The van der Waals surface area contributed by atoms with E-state index < -0.39 is 0 Å². The summed E-state index contributed by atoms with van der Waals surface area (Å²) < 4.78 is 11.0. The number of hydrogen-bond donors (Lipinski definition) is 3. The maximum absolute atomic E-state index is 12.3. The smallest absolute Gasteiger partial charge is 0.257 e. The molecule has 3 N–H and O–H groups in total. The summed E-state index contributed by atoms with van der Waals surface area (Å²) >= 11 is 11.1. The van der Waals surface area contributed by atoms with Crippen molar-refractivity contribution in [3.05, 3.63) is 70.9 Å². The summed E-state index contributed by atoms with van der Waals surface area (Å²) in [6.45, 7) is -0.195. The van der Waals surface area contributed by atoms with Gasteiger partial charge in [-0.2, -0.15) is 0 Å². The van der Waals surface area contributed by atoms with Crippen LogP contribution in [0.15, 0.2) is 59.0 Å². The monoisotopic (exact) mass is 416 g/mol. The number of benzene rings is 2. The minimum absolute atomic E-state index is 0.136. The molecule has 0 aliphatic heterocycles. The molecule has 0 atom stereocenters. The summed E-state index contributed by atoms with van der Waals surface area (Å²) in [7, 11) is 1.55. The second-order valence-corrected chi connectivity index (χ2v) is 6.60. The Hall–Kier alpha value is -2.87. The maximum Gasteiger partial charge on any atom is 0.257 e. The van der Waals surface area contributed by atoms with Crippen molar-refractivity contribution in [2.24, 2.45) is 0 Å². The molecule has 1 heterocycles. The van der Waals surface area contributed by atoms with Gasteiger partial charge in [0.05, 0.1) is 12.7 Å². The Kier molecular flexibility index (Phi) is 6.30. The fourth-order valence-corrected chi connectivity index (χ4v) is 2.95. The fraction of sp³-hybridized carbons (Fsp3) is 0.100. The Morgan fingerprint density at radius 1 is 1.21 bits per heavy atom. The first kappa shape index (κ1) is 19.9. The molecule has 0 saturated carbocycles. The van der Waals surface area contributed by atoms with Crippen LogP contribution in [0.1, 0.15) is 16.1 Å². The van der Waals surface area contributed by atoms with Crippen LogP contribution < -0.4 is 15.4 Å². The van der Waals surface area contributed by atoms with Gasteiger partial charge in [-0.1, -0.05) is 17.7 Å². The SMILES string of the molecule is COc1ccc(NC(=S)NC(=O)c2cccc(Cl)c2)cc1-c1ccc(CO)o1. The van der Waals surface area contributed by atoms with E-state index in [2.05, 4.69) is 10.6 Å². The maximum atomic E-state index is 12.3. The average molecular weight is 417 g/mol. The molecular formula is C20H17ClN2O4S. The van der Waals surface area contributed by atoms with Gasteiger partial charge in [-0.3, -0.25) is 10.1 Å². The van der Waals surface area contributed by atoms with Crippen molar-refractivity contribution in [2.45, 2.75) is 6.61 Å². The van der Waals surface area contributed by atoms with Gasteiger partial charge in [0.1, 0.15) is 23.9 Å². The second kappa shape index (κ2) is 8.88. The summed E-state index contributed by atoms with van der Waals surface area (Å²) in [6, 6.07) is 15.3.